The van der Waals surface area contributed by atoms with Crippen LogP contribution in [0.25, 0.3) is 0 Å². The second-order valence-electron chi connectivity index (χ2n) is 5.68. The lowest BCUT2D eigenvalue weighted by Crippen LogP contribution is -2.27. The van der Waals surface area contributed by atoms with Gasteiger partial charge in [-0.15, -0.1) is 0 Å². The third-order valence-corrected chi connectivity index (χ3v) is 3.97. The van der Waals surface area contributed by atoms with Gasteiger partial charge >= 0.3 is 5.97 Å². The summed E-state index contributed by atoms with van der Waals surface area (Å²) in [5.74, 6) is -0.944. The highest BCUT2D eigenvalue weighted by molar-refractivity contribution is 5.87. The molecule has 0 fully saturated rings. The highest BCUT2D eigenvalue weighted by Gasteiger charge is 2.10. The zero-order chi connectivity index (χ0) is 17.0. The number of aliphatic hydroxyl groups excluding tert-OH is 1. The number of rotatable bonds is 6. The molecule has 0 radical (unpaired) electrons. The third kappa shape index (κ3) is 3.87. The first-order valence-corrected chi connectivity index (χ1v) is 7.57. The summed E-state index contributed by atoms with van der Waals surface area (Å²) in [5.41, 5.74) is 3.30. The minimum atomic E-state index is -0.944. The first kappa shape index (κ1) is 17.0. The van der Waals surface area contributed by atoms with Gasteiger partial charge in [0.1, 0.15) is 0 Å². The van der Waals surface area contributed by atoms with E-state index in [4.69, 9.17) is 5.11 Å². The molecule has 0 saturated heterocycles. The fourth-order valence-electron chi connectivity index (χ4n) is 2.77. The second-order valence-corrected chi connectivity index (χ2v) is 5.68. The number of carboxylic acid groups (broad SMARTS) is 1. The number of pyridine rings is 1. The lowest BCUT2D eigenvalue weighted by molar-refractivity contribution is 0.0696. The zero-order valence-corrected chi connectivity index (χ0v) is 13.4. The van der Waals surface area contributed by atoms with E-state index in [-0.39, 0.29) is 17.7 Å². The highest BCUT2D eigenvalue weighted by Crippen LogP contribution is 2.11. The molecule has 0 unspecified atom stereocenters. The minimum absolute atomic E-state index is 0.0843. The van der Waals surface area contributed by atoms with E-state index in [9.17, 15) is 14.7 Å². The SMILES string of the molecule is Cc1cc(C)c(=O)n(CCCc2cccc(C(=O)O)c2)c1CO. The zero-order valence-electron chi connectivity index (χ0n) is 13.4. The summed E-state index contributed by atoms with van der Waals surface area (Å²) in [5, 5.41) is 18.5. The second kappa shape index (κ2) is 7.24. The quantitative estimate of drug-likeness (QED) is 0.857. The van der Waals surface area contributed by atoms with E-state index in [1.807, 2.05) is 13.0 Å². The Morgan fingerprint density at radius 1 is 1.17 bits per heavy atom. The van der Waals surface area contributed by atoms with Crippen molar-refractivity contribution in [3.8, 4) is 0 Å². The summed E-state index contributed by atoms with van der Waals surface area (Å²) >= 11 is 0. The predicted octanol–water partition coefficient (Wildman–Crippen LogP) is 2.29. The van der Waals surface area contributed by atoms with Gasteiger partial charge in [-0.25, -0.2) is 4.79 Å². The lowest BCUT2D eigenvalue weighted by atomic mass is 10.1. The number of aromatic nitrogens is 1. The van der Waals surface area contributed by atoms with Gasteiger partial charge in [0, 0.05) is 17.8 Å². The Bertz CT molecular complexity index is 777. The molecule has 1 aromatic carbocycles. The first-order chi connectivity index (χ1) is 10.9. The Labute approximate surface area is 134 Å². The number of aliphatic hydroxyl groups is 1. The van der Waals surface area contributed by atoms with Gasteiger partial charge in [-0.1, -0.05) is 12.1 Å². The number of hydrogen-bond donors (Lipinski definition) is 2. The fourth-order valence-corrected chi connectivity index (χ4v) is 2.77. The van der Waals surface area contributed by atoms with Gasteiger partial charge in [0.25, 0.3) is 5.56 Å². The van der Waals surface area contributed by atoms with Crippen LogP contribution >= 0.6 is 0 Å². The molecule has 1 aromatic heterocycles. The van der Waals surface area contributed by atoms with Crippen LogP contribution in [-0.2, 0) is 19.6 Å². The van der Waals surface area contributed by atoms with Crippen LogP contribution in [0.2, 0.25) is 0 Å². The summed E-state index contributed by atoms with van der Waals surface area (Å²) < 4.78 is 1.62. The molecule has 0 bridgehead atoms. The molecule has 2 aromatic rings. The van der Waals surface area contributed by atoms with E-state index in [0.29, 0.717) is 30.6 Å². The molecular weight excluding hydrogens is 294 g/mol. The van der Waals surface area contributed by atoms with Crippen molar-refractivity contribution >= 4 is 5.97 Å². The van der Waals surface area contributed by atoms with Crippen LogP contribution in [0.5, 0.6) is 0 Å². The summed E-state index contributed by atoms with van der Waals surface area (Å²) in [7, 11) is 0. The van der Waals surface area contributed by atoms with Crippen LogP contribution in [0.3, 0.4) is 0 Å². The standard InChI is InChI=1S/C18H21NO4/c1-12-9-13(2)17(21)19(16(12)11-20)8-4-6-14-5-3-7-15(10-14)18(22)23/h3,5,7,9-10,20H,4,6,8,11H2,1-2H3,(H,22,23). The van der Waals surface area contributed by atoms with Gasteiger partial charge in [-0.3, -0.25) is 4.79 Å². The van der Waals surface area contributed by atoms with Crippen LogP contribution < -0.4 is 5.56 Å². The normalized spacial score (nSPS) is 10.7. The Balaban J connectivity index is 2.14. The van der Waals surface area contributed by atoms with Crippen LogP contribution in [-0.4, -0.2) is 20.7 Å². The van der Waals surface area contributed by atoms with Gasteiger partial charge in [-0.2, -0.15) is 0 Å². The molecule has 0 aliphatic rings. The number of hydrogen-bond acceptors (Lipinski definition) is 3. The van der Waals surface area contributed by atoms with Crippen molar-refractivity contribution in [3.63, 3.8) is 0 Å². The molecule has 5 nitrogen and oxygen atoms in total. The van der Waals surface area contributed by atoms with Crippen LogP contribution in [0.15, 0.2) is 35.1 Å². The van der Waals surface area contributed by atoms with Crippen LogP contribution in [0.1, 0.15) is 39.2 Å². The minimum Gasteiger partial charge on any atom is -0.478 e. The maximum atomic E-state index is 12.3. The topological polar surface area (TPSA) is 79.5 Å². The average molecular weight is 315 g/mol. The molecule has 0 aliphatic heterocycles. The molecule has 0 spiro atoms. The molecule has 2 rings (SSSR count). The maximum Gasteiger partial charge on any atom is 0.335 e. The largest absolute Gasteiger partial charge is 0.478 e. The molecular formula is C18H21NO4. The predicted molar refractivity (Wildman–Crippen MR) is 87.8 cm³/mol. The van der Waals surface area contributed by atoms with E-state index in [2.05, 4.69) is 0 Å². The van der Waals surface area contributed by atoms with Crippen molar-refractivity contribution in [1.29, 1.82) is 0 Å². The highest BCUT2D eigenvalue weighted by atomic mass is 16.4. The number of carbonyl (C=O) groups is 1. The van der Waals surface area contributed by atoms with Crippen LogP contribution in [0, 0.1) is 13.8 Å². The average Bonchev–Trinajstić information content (AvgIpc) is 2.52. The van der Waals surface area contributed by atoms with Crippen LogP contribution in [0.4, 0.5) is 0 Å². The van der Waals surface area contributed by atoms with Gasteiger partial charge in [0.2, 0.25) is 0 Å². The molecule has 0 atom stereocenters. The number of benzene rings is 1. The van der Waals surface area contributed by atoms with Crippen molar-refractivity contribution < 1.29 is 15.0 Å². The van der Waals surface area contributed by atoms with E-state index in [1.54, 1.807) is 35.8 Å². The summed E-state index contributed by atoms with van der Waals surface area (Å²) in [6.45, 7) is 3.97. The fraction of sp³-hybridized carbons (Fsp3) is 0.333. The van der Waals surface area contributed by atoms with Gasteiger partial charge in [-0.05, 0) is 56.0 Å². The number of aromatic carboxylic acids is 1. The smallest absolute Gasteiger partial charge is 0.335 e. The third-order valence-electron chi connectivity index (χ3n) is 3.97. The monoisotopic (exact) mass is 315 g/mol. The summed E-state index contributed by atoms with van der Waals surface area (Å²) in [6.07, 6.45) is 1.37. The molecule has 0 aliphatic carbocycles. The lowest BCUT2D eigenvalue weighted by Gasteiger charge is -2.15. The number of nitrogens with zero attached hydrogens (tertiary/aromatic N) is 1. The van der Waals surface area contributed by atoms with Gasteiger partial charge < -0.3 is 14.8 Å². The molecule has 0 saturated carbocycles. The number of carboxylic acids is 1. The van der Waals surface area contributed by atoms with Crippen molar-refractivity contribution in [2.45, 2.75) is 39.8 Å². The van der Waals surface area contributed by atoms with Gasteiger partial charge in [0.05, 0.1) is 12.2 Å². The van der Waals surface area contributed by atoms with E-state index < -0.39 is 5.97 Å². The Morgan fingerprint density at radius 3 is 2.57 bits per heavy atom. The molecule has 23 heavy (non-hydrogen) atoms. The van der Waals surface area contributed by atoms with Crippen molar-refractivity contribution in [2.75, 3.05) is 0 Å². The van der Waals surface area contributed by atoms with Gasteiger partial charge in [0.15, 0.2) is 0 Å². The Kier molecular flexibility index (Phi) is 5.34. The van der Waals surface area contributed by atoms with Crippen molar-refractivity contribution in [3.05, 3.63) is 68.6 Å². The first-order valence-electron chi connectivity index (χ1n) is 7.57. The summed E-state index contributed by atoms with van der Waals surface area (Å²) in [6, 6.07) is 8.61. The van der Waals surface area contributed by atoms with Crippen molar-refractivity contribution in [2.24, 2.45) is 0 Å². The molecule has 0 amide bonds. The Morgan fingerprint density at radius 2 is 1.91 bits per heavy atom. The van der Waals surface area contributed by atoms with E-state index in [0.717, 1.165) is 11.1 Å². The van der Waals surface area contributed by atoms with Crippen molar-refractivity contribution in [1.82, 2.24) is 4.57 Å². The molecule has 1 heterocycles. The summed E-state index contributed by atoms with van der Waals surface area (Å²) in [4.78, 5) is 23.2. The molecule has 2 N–H and O–H groups in total. The molecule has 5 heteroatoms. The van der Waals surface area contributed by atoms with E-state index >= 15 is 0 Å². The maximum absolute atomic E-state index is 12.3. The molecule has 122 valence electrons. The van der Waals surface area contributed by atoms with E-state index in [1.165, 1.54) is 0 Å². The number of aryl methyl sites for hydroxylation is 3. The Hall–Kier alpha value is -2.40.